The van der Waals surface area contributed by atoms with Gasteiger partial charge in [0, 0.05) is 5.57 Å². The molecule has 0 spiro atoms. The molecule has 8 nitrogen and oxygen atoms in total. The van der Waals surface area contributed by atoms with Gasteiger partial charge in [-0.2, -0.15) is 0 Å². The SMILES string of the molecule is O=CC1=CS[C@@H]2C(NC(=O)COc3ccccc3)C(=O)N2C1C(=O)OC(c1ccccc1)c1ccccc1. The summed E-state index contributed by atoms with van der Waals surface area (Å²) in [4.78, 5) is 52.2. The number of hydrogen-bond donors (Lipinski definition) is 1. The summed E-state index contributed by atoms with van der Waals surface area (Å²) >= 11 is 1.20. The monoisotopic (exact) mass is 528 g/mol. The van der Waals surface area contributed by atoms with Gasteiger partial charge in [-0.15, -0.1) is 11.8 Å². The summed E-state index contributed by atoms with van der Waals surface area (Å²) < 4.78 is 11.4. The molecule has 1 fully saturated rings. The number of β-lactam (4-membered cyclic amide) rings is 1. The molecule has 0 aliphatic carbocycles. The van der Waals surface area contributed by atoms with E-state index in [1.165, 1.54) is 16.7 Å². The van der Waals surface area contributed by atoms with Gasteiger partial charge in [-0.05, 0) is 28.7 Å². The minimum Gasteiger partial charge on any atom is -0.484 e. The number of ether oxygens (including phenoxy) is 2. The summed E-state index contributed by atoms with van der Waals surface area (Å²) in [5.41, 5.74) is 1.63. The molecule has 0 radical (unpaired) electrons. The van der Waals surface area contributed by atoms with Crippen LogP contribution in [0.4, 0.5) is 0 Å². The number of carbonyl (C=O) groups excluding carboxylic acids is 4. The molecule has 3 aromatic carbocycles. The number of rotatable bonds is 9. The zero-order valence-corrected chi connectivity index (χ0v) is 21.0. The number of nitrogens with one attached hydrogen (secondary N) is 1. The van der Waals surface area contributed by atoms with Crippen molar-refractivity contribution in [2.75, 3.05) is 6.61 Å². The first-order valence-corrected chi connectivity index (χ1v) is 12.9. The molecule has 38 heavy (non-hydrogen) atoms. The lowest BCUT2D eigenvalue weighted by Crippen LogP contribution is -2.74. The first kappa shape index (κ1) is 25.3. The number of amides is 2. The highest BCUT2D eigenvalue weighted by Gasteiger charge is 2.56. The van der Waals surface area contributed by atoms with E-state index in [1.54, 1.807) is 29.7 Å². The first-order chi connectivity index (χ1) is 18.6. The molecule has 1 N–H and O–H groups in total. The van der Waals surface area contributed by atoms with Crippen LogP contribution in [0, 0.1) is 0 Å². The van der Waals surface area contributed by atoms with E-state index < -0.39 is 41.3 Å². The third-order valence-electron chi connectivity index (χ3n) is 6.24. The van der Waals surface area contributed by atoms with E-state index in [0.29, 0.717) is 12.0 Å². The van der Waals surface area contributed by atoms with Gasteiger partial charge in [-0.1, -0.05) is 78.9 Å². The molecule has 2 unspecified atom stereocenters. The summed E-state index contributed by atoms with van der Waals surface area (Å²) in [6.07, 6.45) is -0.171. The number of aldehydes is 1. The van der Waals surface area contributed by atoms with Crippen LogP contribution in [0.25, 0.3) is 0 Å². The lowest BCUT2D eigenvalue weighted by Gasteiger charge is -2.51. The molecule has 0 saturated carbocycles. The second kappa shape index (κ2) is 11.4. The van der Waals surface area contributed by atoms with Gasteiger partial charge in [0.15, 0.2) is 18.8 Å². The van der Waals surface area contributed by atoms with Crippen LogP contribution in [-0.2, 0) is 23.9 Å². The second-order valence-electron chi connectivity index (χ2n) is 8.70. The van der Waals surface area contributed by atoms with Gasteiger partial charge in [0.1, 0.15) is 23.5 Å². The standard InChI is InChI=1S/C29H24N2O6S/c32-16-21-18-38-28-24(30-23(33)17-36-22-14-8-3-9-15-22)27(34)31(28)25(21)29(35)37-26(19-10-4-1-5-11-19)20-12-6-2-7-13-20/h1-16,18,24-26,28H,17H2,(H,30,33)/t24?,25?,28-/m1/s1. The summed E-state index contributed by atoms with van der Waals surface area (Å²) in [5.74, 6) is -1.13. The maximum Gasteiger partial charge on any atom is 0.334 e. The average molecular weight is 529 g/mol. The van der Waals surface area contributed by atoms with E-state index in [2.05, 4.69) is 5.32 Å². The van der Waals surface area contributed by atoms with Gasteiger partial charge in [0.25, 0.3) is 5.91 Å². The molecular formula is C29H24N2O6S. The fourth-order valence-electron chi connectivity index (χ4n) is 4.40. The summed E-state index contributed by atoms with van der Waals surface area (Å²) in [6.45, 7) is -0.262. The molecule has 0 aromatic heterocycles. The van der Waals surface area contributed by atoms with Crippen molar-refractivity contribution in [3.63, 3.8) is 0 Å². The number of para-hydroxylation sites is 1. The van der Waals surface area contributed by atoms with Gasteiger partial charge in [0.2, 0.25) is 5.91 Å². The van der Waals surface area contributed by atoms with Crippen LogP contribution in [0.1, 0.15) is 17.2 Å². The number of fused-ring (bicyclic) bond motifs is 1. The zero-order valence-electron chi connectivity index (χ0n) is 20.1. The van der Waals surface area contributed by atoms with Crippen LogP contribution >= 0.6 is 11.8 Å². The van der Waals surface area contributed by atoms with Crippen LogP contribution in [-0.4, -0.2) is 53.0 Å². The molecule has 5 rings (SSSR count). The van der Waals surface area contributed by atoms with Crippen LogP contribution < -0.4 is 10.1 Å². The Morgan fingerprint density at radius 3 is 2.08 bits per heavy atom. The Labute approximate surface area is 223 Å². The van der Waals surface area contributed by atoms with Crippen molar-refractivity contribution in [1.29, 1.82) is 0 Å². The van der Waals surface area contributed by atoms with Crippen molar-refractivity contribution in [3.8, 4) is 5.75 Å². The quantitative estimate of drug-likeness (QED) is 0.258. The van der Waals surface area contributed by atoms with Gasteiger partial charge in [-0.3, -0.25) is 14.4 Å². The summed E-state index contributed by atoms with van der Waals surface area (Å²) in [6, 6.07) is 25.3. The third kappa shape index (κ3) is 5.19. The summed E-state index contributed by atoms with van der Waals surface area (Å²) in [7, 11) is 0. The molecule has 2 aliphatic heterocycles. The highest BCUT2D eigenvalue weighted by Crippen LogP contribution is 2.40. The van der Waals surface area contributed by atoms with Gasteiger partial charge >= 0.3 is 5.97 Å². The molecule has 0 bridgehead atoms. The van der Waals surface area contributed by atoms with Crippen LogP contribution in [0.3, 0.4) is 0 Å². The molecule has 9 heteroatoms. The van der Waals surface area contributed by atoms with Crippen LogP contribution in [0.5, 0.6) is 5.75 Å². The first-order valence-electron chi connectivity index (χ1n) is 12.0. The number of nitrogens with zero attached hydrogens (tertiary/aromatic N) is 1. The molecule has 192 valence electrons. The van der Waals surface area contributed by atoms with Gasteiger partial charge in [0.05, 0.1) is 0 Å². The van der Waals surface area contributed by atoms with E-state index in [0.717, 1.165) is 11.1 Å². The minimum atomic E-state index is -1.21. The predicted molar refractivity (Wildman–Crippen MR) is 141 cm³/mol. The number of benzene rings is 3. The number of thioether (sulfide) groups is 1. The number of carbonyl (C=O) groups is 4. The smallest absolute Gasteiger partial charge is 0.334 e. The van der Waals surface area contributed by atoms with Crippen molar-refractivity contribution in [3.05, 3.63) is 113 Å². The minimum absolute atomic E-state index is 0.127. The number of hydrogen-bond acceptors (Lipinski definition) is 7. The van der Waals surface area contributed by atoms with E-state index in [1.807, 2.05) is 66.7 Å². The topological polar surface area (TPSA) is 102 Å². The fourth-order valence-corrected chi connectivity index (χ4v) is 5.58. The van der Waals surface area contributed by atoms with Gasteiger partial charge < -0.3 is 19.7 Å². The molecule has 1 saturated heterocycles. The highest BCUT2D eigenvalue weighted by atomic mass is 32.2. The van der Waals surface area contributed by atoms with E-state index in [4.69, 9.17) is 9.47 Å². The molecule has 2 heterocycles. The lowest BCUT2D eigenvalue weighted by atomic mass is 9.97. The molecule has 3 atom stereocenters. The Balaban J connectivity index is 1.30. The zero-order chi connectivity index (χ0) is 26.5. The van der Waals surface area contributed by atoms with E-state index >= 15 is 0 Å². The van der Waals surface area contributed by atoms with E-state index in [-0.39, 0.29) is 12.2 Å². The van der Waals surface area contributed by atoms with Crippen LogP contribution in [0.15, 0.2) is 102 Å². The Kier molecular flexibility index (Phi) is 7.55. The van der Waals surface area contributed by atoms with Gasteiger partial charge in [-0.25, -0.2) is 4.79 Å². The Morgan fingerprint density at radius 2 is 1.50 bits per heavy atom. The highest BCUT2D eigenvalue weighted by molar-refractivity contribution is 8.03. The molecule has 2 amide bonds. The fraction of sp³-hybridized carbons (Fsp3) is 0.172. The summed E-state index contributed by atoms with van der Waals surface area (Å²) in [5, 5.41) is 3.66. The molecule has 2 aliphatic rings. The molecule has 3 aromatic rings. The molecular weight excluding hydrogens is 504 g/mol. The maximum atomic E-state index is 13.5. The Hall–Kier alpha value is -4.37. The third-order valence-corrected chi connectivity index (χ3v) is 7.43. The second-order valence-corrected chi connectivity index (χ2v) is 9.69. The van der Waals surface area contributed by atoms with Crippen LogP contribution in [0.2, 0.25) is 0 Å². The number of esters is 1. The largest absolute Gasteiger partial charge is 0.484 e. The Bertz CT molecular complexity index is 1310. The predicted octanol–water partition coefficient (Wildman–Crippen LogP) is 3.25. The van der Waals surface area contributed by atoms with Crippen molar-refractivity contribution in [1.82, 2.24) is 10.2 Å². The normalized spacial score (nSPS) is 20.0. The lowest BCUT2D eigenvalue weighted by molar-refractivity contribution is -0.165. The Morgan fingerprint density at radius 1 is 0.921 bits per heavy atom. The maximum absolute atomic E-state index is 13.5. The van der Waals surface area contributed by atoms with Crippen molar-refractivity contribution < 1.29 is 28.7 Å². The van der Waals surface area contributed by atoms with Crippen molar-refractivity contribution >= 4 is 35.8 Å². The van der Waals surface area contributed by atoms with Crippen molar-refractivity contribution in [2.24, 2.45) is 0 Å². The van der Waals surface area contributed by atoms with E-state index in [9.17, 15) is 19.2 Å². The average Bonchev–Trinajstić information content (AvgIpc) is 2.98. The van der Waals surface area contributed by atoms with Crippen molar-refractivity contribution in [2.45, 2.75) is 23.6 Å².